The number of rotatable bonds is 5. The summed E-state index contributed by atoms with van der Waals surface area (Å²) in [4.78, 5) is 13.3. The first-order valence-electron chi connectivity index (χ1n) is 6.33. The van der Waals surface area contributed by atoms with E-state index in [4.69, 9.17) is 14.2 Å². The van der Waals surface area contributed by atoms with Crippen LogP contribution in [0.3, 0.4) is 0 Å². The van der Waals surface area contributed by atoms with E-state index in [-0.39, 0.29) is 19.3 Å². The molecule has 1 heterocycles. The molecule has 0 amide bonds. The number of hydrogen-bond donors (Lipinski definition) is 0. The maximum atomic E-state index is 11.4. The minimum atomic E-state index is -0.205. The first-order valence-corrected chi connectivity index (χ1v) is 6.33. The zero-order valence-electron chi connectivity index (χ0n) is 11.6. The summed E-state index contributed by atoms with van der Waals surface area (Å²) in [7, 11) is 1.89. The number of likely N-dealkylation sites (N-methyl/N-ethyl adjacent to an activating group) is 1. The van der Waals surface area contributed by atoms with Crippen molar-refractivity contribution in [1.29, 1.82) is 0 Å². The third-order valence-corrected chi connectivity index (χ3v) is 2.98. The molecule has 104 valence electrons. The van der Waals surface area contributed by atoms with Crippen molar-refractivity contribution in [3.05, 3.63) is 23.3 Å². The Labute approximate surface area is 113 Å². The molecule has 0 N–H and O–H groups in total. The van der Waals surface area contributed by atoms with Crippen molar-refractivity contribution in [2.75, 3.05) is 27.0 Å². The molecule has 0 saturated heterocycles. The maximum absolute atomic E-state index is 11.4. The molecule has 1 aliphatic heterocycles. The van der Waals surface area contributed by atoms with Crippen LogP contribution >= 0.6 is 0 Å². The fraction of sp³-hybridized carbons (Fsp3) is 0.500. The van der Waals surface area contributed by atoms with Crippen LogP contribution in [-0.2, 0) is 16.1 Å². The van der Waals surface area contributed by atoms with Crippen LogP contribution in [-0.4, -0.2) is 37.9 Å². The molecular formula is C14H19NO4. The Kier molecular flexibility index (Phi) is 4.27. The van der Waals surface area contributed by atoms with E-state index in [1.165, 1.54) is 0 Å². The fourth-order valence-corrected chi connectivity index (χ4v) is 2.03. The number of nitrogens with zero attached hydrogens (tertiary/aromatic N) is 1. The van der Waals surface area contributed by atoms with Crippen molar-refractivity contribution >= 4 is 5.97 Å². The molecule has 2 rings (SSSR count). The highest BCUT2D eigenvalue weighted by molar-refractivity contribution is 5.71. The van der Waals surface area contributed by atoms with Gasteiger partial charge in [0.2, 0.25) is 6.79 Å². The van der Waals surface area contributed by atoms with Crippen molar-refractivity contribution in [1.82, 2.24) is 4.90 Å². The SMILES string of the molecule is CCOC(=O)CN(C)Cc1cc2c(cc1C)OCO2. The van der Waals surface area contributed by atoms with Crippen molar-refractivity contribution in [3.8, 4) is 11.5 Å². The minimum Gasteiger partial charge on any atom is -0.465 e. The van der Waals surface area contributed by atoms with Gasteiger partial charge in [-0.3, -0.25) is 9.69 Å². The van der Waals surface area contributed by atoms with Gasteiger partial charge in [-0.2, -0.15) is 0 Å². The van der Waals surface area contributed by atoms with E-state index in [2.05, 4.69) is 0 Å². The number of aryl methyl sites for hydroxylation is 1. The van der Waals surface area contributed by atoms with Gasteiger partial charge in [-0.1, -0.05) is 0 Å². The summed E-state index contributed by atoms with van der Waals surface area (Å²) in [6.45, 7) is 5.46. The smallest absolute Gasteiger partial charge is 0.320 e. The van der Waals surface area contributed by atoms with Crippen molar-refractivity contribution in [3.63, 3.8) is 0 Å². The molecule has 5 nitrogen and oxygen atoms in total. The Morgan fingerprint density at radius 3 is 2.74 bits per heavy atom. The van der Waals surface area contributed by atoms with Gasteiger partial charge in [0.25, 0.3) is 0 Å². The lowest BCUT2D eigenvalue weighted by atomic mass is 10.1. The van der Waals surface area contributed by atoms with Crippen LogP contribution in [0.2, 0.25) is 0 Å². The van der Waals surface area contributed by atoms with Crippen molar-refractivity contribution in [2.45, 2.75) is 20.4 Å². The maximum Gasteiger partial charge on any atom is 0.320 e. The molecule has 1 aromatic rings. The molecule has 0 saturated carbocycles. The minimum absolute atomic E-state index is 0.205. The molecular weight excluding hydrogens is 246 g/mol. The molecule has 0 unspecified atom stereocenters. The fourth-order valence-electron chi connectivity index (χ4n) is 2.03. The second kappa shape index (κ2) is 5.93. The van der Waals surface area contributed by atoms with E-state index in [9.17, 15) is 4.79 Å². The lowest BCUT2D eigenvalue weighted by molar-refractivity contribution is -0.144. The lowest BCUT2D eigenvalue weighted by Crippen LogP contribution is -2.27. The molecule has 0 bridgehead atoms. The van der Waals surface area contributed by atoms with E-state index >= 15 is 0 Å². The van der Waals surface area contributed by atoms with Crippen molar-refractivity contribution < 1.29 is 19.0 Å². The van der Waals surface area contributed by atoms with Crippen LogP contribution in [0.25, 0.3) is 0 Å². The van der Waals surface area contributed by atoms with Crippen LogP contribution in [0.1, 0.15) is 18.1 Å². The molecule has 0 aromatic heterocycles. The zero-order chi connectivity index (χ0) is 13.8. The lowest BCUT2D eigenvalue weighted by Gasteiger charge is -2.17. The van der Waals surface area contributed by atoms with Crippen LogP contribution < -0.4 is 9.47 Å². The summed E-state index contributed by atoms with van der Waals surface area (Å²) in [6, 6.07) is 3.94. The van der Waals surface area contributed by atoms with Crippen molar-refractivity contribution in [2.24, 2.45) is 0 Å². The van der Waals surface area contributed by atoms with E-state index in [1.807, 2.05) is 31.0 Å². The zero-order valence-corrected chi connectivity index (χ0v) is 11.6. The Balaban J connectivity index is 2.01. The van der Waals surface area contributed by atoms with Crippen LogP contribution in [0.15, 0.2) is 12.1 Å². The highest BCUT2D eigenvalue weighted by atomic mass is 16.7. The predicted molar refractivity (Wildman–Crippen MR) is 70.3 cm³/mol. The predicted octanol–water partition coefficient (Wildman–Crippen LogP) is 1.72. The van der Waals surface area contributed by atoms with Gasteiger partial charge in [0, 0.05) is 6.54 Å². The Morgan fingerprint density at radius 1 is 1.37 bits per heavy atom. The molecule has 0 atom stereocenters. The molecule has 0 fully saturated rings. The first kappa shape index (κ1) is 13.7. The average Bonchev–Trinajstić information content (AvgIpc) is 2.76. The Bertz CT molecular complexity index is 473. The van der Waals surface area contributed by atoms with Crippen LogP contribution in [0.5, 0.6) is 11.5 Å². The number of benzene rings is 1. The number of hydrogen-bond acceptors (Lipinski definition) is 5. The quantitative estimate of drug-likeness (QED) is 0.759. The number of carbonyl (C=O) groups is 1. The molecule has 0 radical (unpaired) electrons. The van der Waals surface area contributed by atoms with Gasteiger partial charge in [0.1, 0.15) is 0 Å². The molecule has 0 aliphatic carbocycles. The summed E-state index contributed by atoms with van der Waals surface area (Å²) >= 11 is 0. The third-order valence-electron chi connectivity index (χ3n) is 2.98. The normalized spacial score (nSPS) is 12.8. The highest BCUT2D eigenvalue weighted by Gasteiger charge is 2.17. The van der Waals surface area contributed by atoms with Crippen LogP contribution in [0, 0.1) is 6.92 Å². The second-order valence-corrected chi connectivity index (χ2v) is 4.61. The third kappa shape index (κ3) is 3.38. The Morgan fingerprint density at radius 2 is 2.05 bits per heavy atom. The number of esters is 1. The van der Waals surface area contributed by atoms with Gasteiger partial charge in [0.05, 0.1) is 13.2 Å². The van der Waals surface area contributed by atoms with E-state index < -0.39 is 0 Å². The second-order valence-electron chi connectivity index (χ2n) is 4.61. The van der Waals surface area contributed by atoms with Gasteiger partial charge in [-0.15, -0.1) is 0 Å². The average molecular weight is 265 g/mol. The first-order chi connectivity index (χ1) is 9.10. The van der Waals surface area contributed by atoms with Gasteiger partial charge < -0.3 is 14.2 Å². The largest absolute Gasteiger partial charge is 0.465 e. The standard InChI is InChI=1S/C14H19NO4/c1-4-17-14(16)8-15(3)7-11-6-13-12(5-10(11)2)18-9-19-13/h5-6H,4,7-9H2,1-3H3. The van der Waals surface area contributed by atoms with Gasteiger partial charge in [-0.25, -0.2) is 0 Å². The van der Waals surface area contributed by atoms with Gasteiger partial charge >= 0.3 is 5.97 Å². The van der Waals surface area contributed by atoms with E-state index in [0.717, 1.165) is 22.6 Å². The molecule has 5 heteroatoms. The molecule has 19 heavy (non-hydrogen) atoms. The van der Waals surface area contributed by atoms with Crippen LogP contribution in [0.4, 0.5) is 0 Å². The summed E-state index contributed by atoms with van der Waals surface area (Å²) in [6.07, 6.45) is 0. The monoisotopic (exact) mass is 265 g/mol. The summed E-state index contributed by atoms with van der Waals surface area (Å²) in [5, 5.41) is 0. The van der Waals surface area contributed by atoms with Gasteiger partial charge in [-0.05, 0) is 44.2 Å². The highest BCUT2D eigenvalue weighted by Crippen LogP contribution is 2.34. The number of ether oxygens (including phenoxy) is 3. The van der Waals surface area contributed by atoms with E-state index in [0.29, 0.717) is 13.2 Å². The molecule has 0 spiro atoms. The van der Waals surface area contributed by atoms with Gasteiger partial charge in [0.15, 0.2) is 11.5 Å². The molecule has 1 aromatic carbocycles. The Hall–Kier alpha value is -1.75. The number of carbonyl (C=O) groups excluding carboxylic acids is 1. The molecule has 1 aliphatic rings. The number of fused-ring (bicyclic) bond motifs is 1. The summed E-state index contributed by atoms with van der Waals surface area (Å²) in [5.41, 5.74) is 2.25. The topological polar surface area (TPSA) is 48.0 Å². The summed E-state index contributed by atoms with van der Waals surface area (Å²) < 4.78 is 15.6. The summed E-state index contributed by atoms with van der Waals surface area (Å²) in [5.74, 6) is 1.35. The van der Waals surface area contributed by atoms with E-state index in [1.54, 1.807) is 6.92 Å².